The SMILES string of the molecule is CCCCCCCCCCCCc1ccc(-c2ccc3ccccc3[n+]2Cc2ccccc2)cc1.Fc1c(F)c(F)c([B-](c2c(F)c(F)c(F)c(F)c2F)(c2c(F)c(F)c(F)c(F)c2F)c2c(F)c(F)c(F)c(F)c2F)c(F)c1F. The van der Waals surface area contributed by atoms with Crippen LogP contribution in [-0.2, 0) is 13.0 Å². The van der Waals surface area contributed by atoms with E-state index in [0.717, 1.165) is 6.54 Å². The van der Waals surface area contributed by atoms with E-state index < -0.39 is 144 Å². The van der Waals surface area contributed by atoms with E-state index in [2.05, 4.69) is 102 Å². The minimum Gasteiger partial charge on any atom is -0.207 e. The molecule has 0 N–H and O–H groups in total. The molecule has 0 radical (unpaired) electrons. The van der Waals surface area contributed by atoms with Crippen molar-refractivity contribution in [3.63, 3.8) is 0 Å². The lowest BCUT2D eigenvalue weighted by molar-refractivity contribution is -0.651. The summed E-state index contributed by atoms with van der Waals surface area (Å²) >= 11 is 0. The molecule has 0 saturated carbocycles. The van der Waals surface area contributed by atoms with Gasteiger partial charge < -0.3 is 0 Å². The highest BCUT2D eigenvalue weighted by Gasteiger charge is 2.52. The molecule has 0 aliphatic carbocycles. The Hall–Kier alpha value is -7.39. The molecule has 0 atom stereocenters. The van der Waals surface area contributed by atoms with Gasteiger partial charge in [0.1, 0.15) is 52.7 Å². The molecule has 0 bridgehead atoms. The first-order valence-electron chi connectivity index (χ1n) is 24.8. The van der Waals surface area contributed by atoms with Crippen molar-refractivity contribution in [3.05, 3.63) is 218 Å². The minimum absolute atomic E-state index is 0.873. The smallest absolute Gasteiger partial charge is 0.207 e. The molecule has 1 heterocycles. The van der Waals surface area contributed by atoms with Crippen molar-refractivity contribution < 1.29 is 92.4 Å². The summed E-state index contributed by atoms with van der Waals surface area (Å²) in [6, 6.07) is 33.3. The first-order chi connectivity index (χ1) is 38.0. The fourth-order valence-electron chi connectivity index (χ4n) is 9.98. The van der Waals surface area contributed by atoms with Gasteiger partial charge in [0, 0.05) is 28.6 Å². The zero-order chi connectivity index (χ0) is 58.5. The third-order valence-electron chi connectivity index (χ3n) is 13.9. The molecule has 0 aliphatic heterocycles. The predicted octanol–water partition coefficient (Wildman–Crippen LogP) is 15.2. The first kappa shape index (κ1) is 60.3. The second-order valence-corrected chi connectivity index (χ2v) is 18.8. The van der Waals surface area contributed by atoms with E-state index in [4.69, 9.17) is 0 Å². The summed E-state index contributed by atoms with van der Waals surface area (Å²) in [5.74, 6) is -71.4. The van der Waals surface area contributed by atoms with E-state index >= 15 is 35.1 Å². The molecule has 1 aromatic heterocycles. The first-order valence-corrected chi connectivity index (χ1v) is 24.8. The molecule has 7 aromatic carbocycles. The van der Waals surface area contributed by atoms with Gasteiger partial charge in [0.05, 0.1) is 0 Å². The van der Waals surface area contributed by atoms with Gasteiger partial charge in [0.25, 0.3) is 0 Å². The zero-order valence-electron chi connectivity index (χ0n) is 41.7. The van der Waals surface area contributed by atoms with Crippen molar-refractivity contribution in [3.8, 4) is 11.3 Å². The second-order valence-electron chi connectivity index (χ2n) is 18.8. The predicted molar refractivity (Wildman–Crippen MR) is 260 cm³/mol. The molecule has 1 nitrogen and oxygen atoms in total. The van der Waals surface area contributed by atoms with Crippen LogP contribution in [0.4, 0.5) is 87.8 Å². The maximum absolute atomic E-state index is 15.4. The monoisotopic (exact) mass is 1140 g/mol. The quantitative estimate of drug-likeness (QED) is 0.0201. The van der Waals surface area contributed by atoms with Gasteiger partial charge in [0.2, 0.25) is 11.2 Å². The number of aromatic nitrogens is 1. The number of benzene rings is 7. The minimum atomic E-state index is -7.22. The maximum atomic E-state index is 15.4. The molecule has 0 amide bonds. The van der Waals surface area contributed by atoms with E-state index in [9.17, 15) is 52.7 Å². The molecule has 0 saturated heterocycles. The Morgan fingerprint density at radius 3 is 1.00 bits per heavy atom. The van der Waals surface area contributed by atoms with E-state index in [0.29, 0.717) is 0 Å². The van der Waals surface area contributed by atoms with Crippen LogP contribution < -0.4 is 26.4 Å². The molecule has 80 heavy (non-hydrogen) atoms. The highest BCUT2D eigenvalue weighted by molar-refractivity contribution is 7.20. The fraction of sp³-hybridized carbons (Fsp3) is 0.224. The van der Waals surface area contributed by atoms with Gasteiger partial charge in [-0.1, -0.05) is 119 Å². The standard InChI is InChI=1S/C34H42N.C24BF20/c1-2-3-4-5-6-7-8-9-10-12-17-29-22-24-32(25-23-29)34-27-26-31-20-15-16-21-33(31)35(34)28-30-18-13-11-14-19-30;26-5-1(6(27)14(35)21(42)13(5)34)25(2-7(28)15(36)22(43)16(37)8(2)29,3-9(30)17(38)23(44)18(39)10(3)31)4-11(32)19(40)24(45)20(41)12(4)33/h11,13-16,18-27H,2-10,12,17,28H2,1H3;/q+1;-1. The number of hydrogen-bond donors (Lipinski definition) is 0. The number of hydrogen-bond acceptors (Lipinski definition) is 0. The van der Waals surface area contributed by atoms with Crippen LogP contribution in [0.3, 0.4) is 0 Å². The van der Waals surface area contributed by atoms with Crippen LogP contribution in [0.5, 0.6) is 0 Å². The van der Waals surface area contributed by atoms with Gasteiger partial charge in [-0.3, -0.25) is 0 Å². The lowest BCUT2D eigenvalue weighted by Crippen LogP contribution is -2.81. The highest BCUT2D eigenvalue weighted by Crippen LogP contribution is 2.31. The molecular weight excluding hydrogens is 1100 g/mol. The van der Waals surface area contributed by atoms with Crippen LogP contribution in [0.1, 0.15) is 82.3 Å². The van der Waals surface area contributed by atoms with Gasteiger partial charge in [-0.05, 0) is 42.7 Å². The van der Waals surface area contributed by atoms with Crippen molar-refractivity contribution in [2.45, 2.75) is 84.1 Å². The van der Waals surface area contributed by atoms with Gasteiger partial charge in [-0.25, -0.2) is 87.8 Å². The number of aryl methyl sites for hydroxylation is 1. The van der Waals surface area contributed by atoms with Gasteiger partial charge in [-0.15, -0.1) is 21.9 Å². The summed E-state index contributed by atoms with van der Waals surface area (Å²) in [5.41, 5.74) is -7.69. The zero-order valence-corrected chi connectivity index (χ0v) is 41.7. The Kier molecular flexibility index (Phi) is 19.1. The van der Waals surface area contributed by atoms with E-state index in [1.807, 2.05) is 0 Å². The van der Waals surface area contributed by atoms with Crippen LogP contribution in [0.15, 0.2) is 91.0 Å². The van der Waals surface area contributed by atoms with Crippen molar-refractivity contribution in [1.82, 2.24) is 0 Å². The largest absolute Gasteiger partial charge is 0.213 e. The molecule has 422 valence electrons. The third-order valence-corrected chi connectivity index (χ3v) is 13.9. The molecule has 8 aromatic rings. The Morgan fingerprint density at radius 1 is 0.300 bits per heavy atom. The highest BCUT2D eigenvalue weighted by atomic mass is 19.2. The number of para-hydroxylation sites is 1. The Bertz CT molecular complexity index is 3190. The molecule has 8 rings (SSSR count). The van der Waals surface area contributed by atoms with Crippen LogP contribution in [0.2, 0.25) is 0 Å². The number of nitrogens with zero attached hydrogens (tertiary/aromatic N) is 1. The van der Waals surface area contributed by atoms with E-state index in [1.54, 1.807) is 0 Å². The summed E-state index contributed by atoms with van der Waals surface area (Å²) in [7, 11) is 0. The molecule has 0 aliphatic rings. The topological polar surface area (TPSA) is 3.88 Å². The van der Waals surface area contributed by atoms with Crippen molar-refractivity contribution in [2.75, 3.05) is 0 Å². The van der Waals surface area contributed by atoms with E-state index in [1.165, 1.54) is 104 Å². The van der Waals surface area contributed by atoms with Crippen molar-refractivity contribution in [2.24, 2.45) is 0 Å². The summed E-state index contributed by atoms with van der Waals surface area (Å²) in [6.45, 7) is 3.16. The van der Waals surface area contributed by atoms with Crippen molar-refractivity contribution >= 4 is 38.9 Å². The summed E-state index contributed by atoms with van der Waals surface area (Å²) in [5, 5.41) is 1.28. The Morgan fingerprint density at radius 2 is 0.625 bits per heavy atom. The fourth-order valence-corrected chi connectivity index (χ4v) is 9.98. The van der Waals surface area contributed by atoms with Gasteiger partial charge in [-0.2, -0.15) is 4.57 Å². The van der Waals surface area contributed by atoms with Crippen LogP contribution >= 0.6 is 0 Å². The molecule has 0 spiro atoms. The van der Waals surface area contributed by atoms with Crippen LogP contribution in [-0.4, -0.2) is 6.15 Å². The normalized spacial score (nSPS) is 11.7. The van der Waals surface area contributed by atoms with E-state index in [-0.39, 0.29) is 0 Å². The average Bonchev–Trinajstić information content (AvgIpc) is 3.64. The Labute approximate surface area is 444 Å². The number of unbranched alkanes of at least 4 members (excludes halogenated alkanes) is 9. The Balaban J connectivity index is 0.000000238. The van der Waals surface area contributed by atoms with Gasteiger partial charge in [0.15, 0.2) is 76.4 Å². The van der Waals surface area contributed by atoms with Gasteiger partial charge >= 0.3 is 0 Å². The summed E-state index contributed by atoms with van der Waals surface area (Å²) in [6.07, 6.45) is 7.91. The summed E-state index contributed by atoms with van der Waals surface area (Å²) in [4.78, 5) is 0. The summed E-state index contributed by atoms with van der Waals surface area (Å²) < 4.78 is 296. The molecular formula is C58H42BF20N. The van der Waals surface area contributed by atoms with Crippen molar-refractivity contribution in [1.29, 1.82) is 0 Å². The third kappa shape index (κ3) is 11.2. The maximum Gasteiger partial charge on any atom is 0.213 e. The average molecular weight is 1140 g/mol. The number of halogens is 20. The lowest BCUT2D eigenvalue weighted by Gasteiger charge is -2.44. The number of pyridine rings is 1. The molecule has 0 fully saturated rings. The second kappa shape index (κ2) is 25.4. The number of rotatable bonds is 18. The van der Waals surface area contributed by atoms with Crippen LogP contribution in [0, 0.1) is 116 Å². The number of fused-ring (bicyclic) bond motifs is 1. The molecule has 0 unspecified atom stereocenters. The molecule has 22 heteroatoms. The van der Waals surface area contributed by atoms with Crippen LogP contribution in [0.25, 0.3) is 22.2 Å². The lowest BCUT2D eigenvalue weighted by atomic mass is 9.12.